The van der Waals surface area contributed by atoms with E-state index in [0.717, 1.165) is 64.2 Å². The van der Waals surface area contributed by atoms with Crippen molar-refractivity contribution in [3.8, 4) is 0 Å². The Labute approximate surface area is 371 Å². The van der Waals surface area contributed by atoms with Crippen LogP contribution in [0.4, 0.5) is 0 Å². The van der Waals surface area contributed by atoms with Gasteiger partial charge < -0.3 is 20.3 Å². The van der Waals surface area contributed by atoms with Crippen LogP contribution >= 0.6 is 0 Å². The van der Waals surface area contributed by atoms with Crippen molar-refractivity contribution in [2.75, 3.05) is 13.2 Å². The van der Waals surface area contributed by atoms with Crippen LogP contribution in [0, 0.1) is 0 Å². The molecule has 0 aromatic rings. The van der Waals surface area contributed by atoms with Crippen molar-refractivity contribution in [2.24, 2.45) is 0 Å². The molecular weight excluding hydrogens is 743 g/mol. The second-order valence-corrected chi connectivity index (χ2v) is 17.1. The largest absolute Gasteiger partial charge is 0.466 e. The smallest absolute Gasteiger partial charge is 0.305 e. The normalized spacial score (nSPS) is 13.2. The first-order valence-corrected chi connectivity index (χ1v) is 25.6. The third-order valence-electron chi connectivity index (χ3n) is 11.2. The first kappa shape index (κ1) is 57.6. The van der Waals surface area contributed by atoms with E-state index in [-0.39, 0.29) is 18.5 Å². The van der Waals surface area contributed by atoms with E-state index in [1.54, 1.807) is 6.08 Å². The molecule has 0 saturated carbocycles. The third kappa shape index (κ3) is 45.1. The number of nitrogens with one attached hydrogen (secondary N) is 1. The topological polar surface area (TPSA) is 95.9 Å². The van der Waals surface area contributed by atoms with Crippen molar-refractivity contribution in [1.82, 2.24) is 5.32 Å². The Bertz CT molecular complexity index is 1060. The molecule has 0 aromatic carbocycles. The van der Waals surface area contributed by atoms with Gasteiger partial charge in [0, 0.05) is 12.8 Å². The number of rotatable bonds is 46. The van der Waals surface area contributed by atoms with Crippen LogP contribution in [0.25, 0.3) is 0 Å². The Kier molecular flexibility index (Phi) is 47.2. The molecule has 0 spiro atoms. The van der Waals surface area contributed by atoms with Gasteiger partial charge in [0.25, 0.3) is 0 Å². The minimum absolute atomic E-state index is 0.0349. The van der Waals surface area contributed by atoms with Crippen molar-refractivity contribution in [2.45, 2.75) is 257 Å². The molecular formula is C54H97NO5. The molecule has 0 radical (unpaired) electrons. The summed E-state index contributed by atoms with van der Waals surface area (Å²) in [4.78, 5) is 24.4. The molecule has 0 bridgehead atoms. The summed E-state index contributed by atoms with van der Waals surface area (Å²) in [5, 5.41) is 23.0. The summed E-state index contributed by atoms with van der Waals surface area (Å²) in [7, 11) is 0. The maximum absolute atomic E-state index is 12.4. The second-order valence-electron chi connectivity index (χ2n) is 17.1. The van der Waals surface area contributed by atoms with E-state index in [0.29, 0.717) is 25.9 Å². The monoisotopic (exact) mass is 840 g/mol. The summed E-state index contributed by atoms with van der Waals surface area (Å²) in [5.74, 6) is -0.185. The molecule has 0 aliphatic rings. The fraction of sp³-hybridized carbons (Fsp3) is 0.778. The van der Waals surface area contributed by atoms with Gasteiger partial charge >= 0.3 is 5.97 Å². The summed E-state index contributed by atoms with van der Waals surface area (Å²) < 4.78 is 5.43. The Morgan fingerprint density at radius 2 is 0.883 bits per heavy atom. The maximum atomic E-state index is 12.4. The maximum Gasteiger partial charge on any atom is 0.305 e. The van der Waals surface area contributed by atoms with Crippen LogP contribution in [0.15, 0.2) is 60.8 Å². The van der Waals surface area contributed by atoms with Gasteiger partial charge in [-0.3, -0.25) is 9.59 Å². The lowest BCUT2D eigenvalue weighted by Gasteiger charge is -2.19. The number of carbonyl (C=O) groups is 2. The first-order valence-electron chi connectivity index (χ1n) is 25.6. The molecule has 0 heterocycles. The molecule has 348 valence electrons. The number of ether oxygens (including phenoxy) is 1. The van der Waals surface area contributed by atoms with Gasteiger partial charge in [-0.2, -0.15) is 0 Å². The molecule has 0 aliphatic carbocycles. The van der Waals surface area contributed by atoms with Crippen molar-refractivity contribution in [3.63, 3.8) is 0 Å². The van der Waals surface area contributed by atoms with Crippen LogP contribution in [0.2, 0.25) is 0 Å². The van der Waals surface area contributed by atoms with Crippen molar-refractivity contribution in [1.29, 1.82) is 0 Å². The Morgan fingerprint density at radius 1 is 0.467 bits per heavy atom. The van der Waals surface area contributed by atoms with Gasteiger partial charge in [0.2, 0.25) is 5.91 Å². The second kappa shape index (κ2) is 49.2. The molecule has 6 heteroatoms. The number of unbranched alkanes of at least 4 members (excludes halogenated alkanes) is 27. The Morgan fingerprint density at radius 3 is 1.37 bits per heavy atom. The van der Waals surface area contributed by atoms with Gasteiger partial charge in [-0.15, -0.1) is 0 Å². The van der Waals surface area contributed by atoms with Gasteiger partial charge in [-0.25, -0.2) is 0 Å². The number of aliphatic hydroxyl groups is 2. The number of hydrogen-bond donors (Lipinski definition) is 3. The lowest BCUT2D eigenvalue weighted by Crippen LogP contribution is -2.45. The predicted molar refractivity (Wildman–Crippen MR) is 259 cm³/mol. The Hall–Kier alpha value is -2.44. The highest BCUT2D eigenvalue weighted by molar-refractivity contribution is 5.76. The van der Waals surface area contributed by atoms with Gasteiger partial charge in [0.1, 0.15) is 0 Å². The van der Waals surface area contributed by atoms with E-state index in [1.807, 2.05) is 12.2 Å². The number of hydrogen-bond acceptors (Lipinski definition) is 5. The van der Waals surface area contributed by atoms with Crippen LogP contribution in [0.5, 0.6) is 0 Å². The van der Waals surface area contributed by atoms with Crippen LogP contribution in [-0.2, 0) is 14.3 Å². The van der Waals surface area contributed by atoms with E-state index in [9.17, 15) is 19.8 Å². The van der Waals surface area contributed by atoms with E-state index in [2.05, 4.69) is 61.7 Å². The highest BCUT2D eigenvalue weighted by Crippen LogP contribution is 2.15. The predicted octanol–water partition coefficient (Wildman–Crippen LogP) is 15.2. The van der Waals surface area contributed by atoms with E-state index >= 15 is 0 Å². The fourth-order valence-corrected chi connectivity index (χ4v) is 7.31. The van der Waals surface area contributed by atoms with Crippen LogP contribution < -0.4 is 5.32 Å². The number of esters is 1. The van der Waals surface area contributed by atoms with E-state index < -0.39 is 12.1 Å². The van der Waals surface area contributed by atoms with E-state index in [1.165, 1.54) is 148 Å². The number of carbonyl (C=O) groups excluding carboxylic acids is 2. The fourth-order valence-electron chi connectivity index (χ4n) is 7.31. The average Bonchev–Trinajstić information content (AvgIpc) is 3.25. The lowest BCUT2D eigenvalue weighted by molar-refractivity contribution is -0.143. The lowest BCUT2D eigenvalue weighted by atomic mass is 10.0. The first-order chi connectivity index (χ1) is 29.5. The Balaban J connectivity index is 3.62. The molecule has 1 amide bonds. The quantitative estimate of drug-likeness (QED) is 0.0322. The zero-order chi connectivity index (χ0) is 43.7. The zero-order valence-corrected chi connectivity index (χ0v) is 39.4. The molecule has 0 fully saturated rings. The summed E-state index contributed by atoms with van der Waals surface area (Å²) in [6.45, 7) is 4.75. The molecule has 2 unspecified atom stereocenters. The molecule has 0 aliphatic heterocycles. The highest BCUT2D eigenvalue weighted by atomic mass is 16.5. The molecule has 6 nitrogen and oxygen atoms in total. The highest BCUT2D eigenvalue weighted by Gasteiger charge is 2.17. The minimum Gasteiger partial charge on any atom is -0.466 e. The molecule has 0 rings (SSSR count). The SMILES string of the molecule is CCC/C=C\C/C=C\CCCCCCCC(=O)OCCCCCCCC/C=C\C/C=C\CCC(=O)NC(CO)C(O)/C=C/CCCCCCCCCCCCCCCCC. The standard InChI is InChI=1S/C54H97NO5/c1-3-5-7-9-11-13-15-17-18-19-20-23-26-30-34-38-42-46-52(57)51(50-56)55-53(58)47-43-39-35-31-27-24-21-25-29-33-37-41-45-49-60-54(59)48-44-40-36-32-28-22-16-14-12-10-8-6-4-2/h8,10,14,16,24,27,35,39,42,46,51-52,56-57H,3-7,9,11-13,15,17-23,25-26,28-34,36-38,40-41,43-45,47-50H2,1-2H3,(H,55,58)/b10-8-,16-14-,27-24-,39-35-,46-42+. The summed E-state index contributed by atoms with van der Waals surface area (Å²) >= 11 is 0. The van der Waals surface area contributed by atoms with Crippen LogP contribution in [0.1, 0.15) is 245 Å². The molecule has 0 aromatic heterocycles. The van der Waals surface area contributed by atoms with Gasteiger partial charge in [0.15, 0.2) is 0 Å². The minimum atomic E-state index is -0.881. The number of aliphatic hydroxyl groups excluding tert-OH is 2. The van der Waals surface area contributed by atoms with Gasteiger partial charge in [-0.1, -0.05) is 216 Å². The van der Waals surface area contributed by atoms with Crippen LogP contribution in [0.3, 0.4) is 0 Å². The molecule has 60 heavy (non-hydrogen) atoms. The summed E-state index contributed by atoms with van der Waals surface area (Å²) in [5.41, 5.74) is 0. The summed E-state index contributed by atoms with van der Waals surface area (Å²) in [6, 6.07) is -0.674. The van der Waals surface area contributed by atoms with Crippen molar-refractivity contribution < 1.29 is 24.5 Å². The third-order valence-corrected chi connectivity index (χ3v) is 11.2. The van der Waals surface area contributed by atoms with Crippen LogP contribution in [-0.4, -0.2) is 47.4 Å². The molecule has 3 N–H and O–H groups in total. The molecule has 0 saturated heterocycles. The molecule has 2 atom stereocenters. The van der Waals surface area contributed by atoms with Gasteiger partial charge in [0.05, 0.1) is 25.4 Å². The van der Waals surface area contributed by atoms with Gasteiger partial charge in [-0.05, 0) is 77.0 Å². The number of allylic oxidation sites excluding steroid dienone is 9. The van der Waals surface area contributed by atoms with E-state index in [4.69, 9.17) is 4.74 Å². The number of amides is 1. The zero-order valence-electron chi connectivity index (χ0n) is 39.4. The summed E-state index contributed by atoms with van der Waals surface area (Å²) in [6.07, 6.45) is 62.3. The average molecular weight is 840 g/mol. The van der Waals surface area contributed by atoms with Crippen molar-refractivity contribution in [3.05, 3.63) is 60.8 Å². The van der Waals surface area contributed by atoms with Crippen molar-refractivity contribution >= 4 is 11.9 Å².